The van der Waals surface area contributed by atoms with Gasteiger partial charge in [0.05, 0.1) is 5.52 Å². The first kappa shape index (κ1) is 18.6. The van der Waals surface area contributed by atoms with Crippen molar-refractivity contribution in [1.82, 2.24) is 14.5 Å². The minimum atomic E-state index is -0.371. The predicted octanol–water partition coefficient (Wildman–Crippen LogP) is 5.34. The number of nitrogens with zero attached hydrogens (tertiary/aromatic N) is 3. The summed E-state index contributed by atoms with van der Waals surface area (Å²) in [6.45, 7) is 5.99. The van der Waals surface area contributed by atoms with Gasteiger partial charge in [-0.25, -0.2) is 14.4 Å². The summed E-state index contributed by atoms with van der Waals surface area (Å²) >= 11 is 0. The summed E-state index contributed by atoms with van der Waals surface area (Å²) in [4.78, 5) is 21.1. The van der Waals surface area contributed by atoms with Crippen LogP contribution in [0.2, 0.25) is 0 Å². The van der Waals surface area contributed by atoms with Gasteiger partial charge in [-0.05, 0) is 42.9 Å². The molecule has 1 N–H and O–H groups in total. The summed E-state index contributed by atoms with van der Waals surface area (Å²) < 4.78 is 17.2. The molecule has 0 aliphatic heterocycles. The van der Waals surface area contributed by atoms with E-state index in [1.54, 1.807) is 24.5 Å². The fourth-order valence-corrected chi connectivity index (χ4v) is 3.65. The van der Waals surface area contributed by atoms with E-state index in [0.29, 0.717) is 17.6 Å². The Hall–Kier alpha value is -2.76. The number of hydrogen-bond acceptors (Lipinski definition) is 3. The summed E-state index contributed by atoms with van der Waals surface area (Å²) in [6.07, 6.45) is 6.80. The molecule has 5 nitrogen and oxygen atoms in total. The van der Waals surface area contributed by atoms with Crippen molar-refractivity contribution in [2.75, 3.05) is 5.32 Å². The van der Waals surface area contributed by atoms with Crippen LogP contribution < -0.4 is 5.32 Å². The van der Waals surface area contributed by atoms with Crippen LogP contribution in [-0.2, 0) is 4.79 Å². The Labute approximate surface area is 164 Å². The van der Waals surface area contributed by atoms with Gasteiger partial charge < -0.3 is 9.88 Å². The van der Waals surface area contributed by atoms with E-state index in [0.717, 1.165) is 30.3 Å². The average Bonchev–Trinajstić information content (AvgIpc) is 2.85. The number of halogens is 1. The van der Waals surface area contributed by atoms with Crippen molar-refractivity contribution in [3.8, 4) is 11.4 Å². The lowest BCUT2D eigenvalue weighted by Crippen LogP contribution is -2.24. The van der Waals surface area contributed by atoms with Crippen LogP contribution in [0.3, 0.4) is 0 Å². The molecular weight excluding hydrogens is 355 g/mol. The van der Waals surface area contributed by atoms with Gasteiger partial charge in [-0.3, -0.25) is 4.79 Å². The van der Waals surface area contributed by atoms with Crippen LogP contribution in [-0.4, -0.2) is 20.4 Å². The van der Waals surface area contributed by atoms with Gasteiger partial charge in [0.25, 0.3) is 0 Å². The molecule has 6 heteroatoms. The smallest absolute Gasteiger partial charge is 0.226 e. The highest BCUT2D eigenvalue weighted by molar-refractivity contribution is 5.96. The highest BCUT2D eigenvalue weighted by Gasteiger charge is 2.29. The molecule has 1 fully saturated rings. The van der Waals surface area contributed by atoms with E-state index in [2.05, 4.69) is 15.3 Å². The van der Waals surface area contributed by atoms with Crippen LogP contribution >= 0.6 is 0 Å². The molecule has 0 radical (unpaired) electrons. The quantitative estimate of drug-likeness (QED) is 0.665. The summed E-state index contributed by atoms with van der Waals surface area (Å²) in [5.74, 6) is 0.343. The third-order valence-electron chi connectivity index (χ3n) is 5.16. The molecule has 0 atom stereocenters. The van der Waals surface area contributed by atoms with E-state index in [-0.39, 0.29) is 29.0 Å². The van der Waals surface area contributed by atoms with Gasteiger partial charge in [-0.1, -0.05) is 26.8 Å². The van der Waals surface area contributed by atoms with E-state index in [4.69, 9.17) is 0 Å². The first-order valence-electron chi connectivity index (χ1n) is 9.74. The van der Waals surface area contributed by atoms with E-state index in [1.807, 2.05) is 37.5 Å². The van der Waals surface area contributed by atoms with Gasteiger partial charge in [0.1, 0.15) is 0 Å². The Balaban J connectivity index is 1.80. The number of fused-ring (bicyclic) bond motifs is 1. The van der Waals surface area contributed by atoms with Crippen molar-refractivity contribution in [3.63, 3.8) is 0 Å². The summed E-state index contributed by atoms with van der Waals surface area (Å²) in [7, 11) is 0. The molecule has 146 valence electrons. The zero-order valence-corrected chi connectivity index (χ0v) is 16.5. The molecule has 0 spiro atoms. The molecule has 1 aromatic carbocycles. The minimum absolute atomic E-state index is 0.161. The summed E-state index contributed by atoms with van der Waals surface area (Å²) in [5.41, 5.74) is 1.45. The predicted molar refractivity (Wildman–Crippen MR) is 109 cm³/mol. The van der Waals surface area contributed by atoms with Crippen LogP contribution in [0.4, 0.5) is 10.2 Å². The topological polar surface area (TPSA) is 59.8 Å². The number of amides is 1. The molecule has 0 saturated heterocycles. The van der Waals surface area contributed by atoms with Gasteiger partial charge in [0.15, 0.2) is 17.5 Å². The number of carbonyl (C=O) groups is 1. The van der Waals surface area contributed by atoms with Crippen LogP contribution in [0.1, 0.15) is 52.5 Å². The Morgan fingerprint density at radius 1 is 1.25 bits per heavy atom. The Morgan fingerprint density at radius 2 is 1.96 bits per heavy atom. The molecule has 1 amide bonds. The molecule has 1 saturated carbocycles. The molecule has 2 aromatic heterocycles. The minimum Gasteiger partial charge on any atom is -0.322 e. The second-order valence-electron chi connectivity index (χ2n) is 8.71. The van der Waals surface area contributed by atoms with Crippen molar-refractivity contribution in [2.45, 2.75) is 52.5 Å². The van der Waals surface area contributed by atoms with Crippen molar-refractivity contribution in [1.29, 1.82) is 0 Å². The zero-order chi connectivity index (χ0) is 19.9. The molecule has 4 rings (SSSR count). The molecule has 0 unspecified atom stereocenters. The van der Waals surface area contributed by atoms with Crippen molar-refractivity contribution >= 4 is 22.6 Å². The lowest BCUT2D eigenvalue weighted by atomic mass is 9.92. The van der Waals surface area contributed by atoms with E-state index >= 15 is 4.39 Å². The van der Waals surface area contributed by atoms with Gasteiger partial charge in [-0.15, -0.1) is 0 Å². The van der Waals surface area contributed by atoms with Gasteiger partial charge in [0, 0.05) is 35.8 Å². The fraction of sp³-hybridized carbons (Fsp3) is 0.409. The zero-order valence-electron chi connectivity index (χ0n) is 16.5. The molecular formula is C22H25FN4O. The van der Waals surface area contributed by atoms with Gasteiger partial charge in [-0.2, -0.15) is 0 Å². The van der Waals surface area contributed by atoms with Crippen molar-refractivity contribution in [3.05, 3.63) is 42.5 Å². The Morgan fingerprint density at radius 3 is 2.57 bits per heavy atom. The first-order valence-corrected chi connectivity index (χ1v) is 9.74. The fourth-order valence-electron chi connectivity index (χ4n) is 3.65. The normalized spacial score (nSPS) is 14.9. The van der Waals surface area contributed by atoms with E-state index in [9.17, 15) is 4.79 Å². The van der Waals surface area contributed by atoms with Gasteiger partial charge in [0.2, 0.25) is 5.91 Å². The maximum absolute atomic E-state index is 15.3. The second-order valence-corrected chi connectivity index (χ2v) is 8.71. The van der Waals surface area contributed by atoms with Crippen LogP contribution in [0.5, 0.6) is 0 Å². The SMILES string of the molecule is CC(C)(C)CC(=O)Nc1c(F)c2ccc(-c3ncccn3)cc2n1C1CCC1. The molecule has 1 aliphatic carbocycles. The highest BCUT2D eigenvalue weighted by Crippen LogP contribution is 2.41. The molecule has 3 aromatic rings. The summed E-state index contributed by atoms with van der Waals surface area (Å²) in [6, 6.07) is 7.47. The third kappa shape index (κ3) is 3.51. The lowest BCUT2D eigenvalue weighted by molar-refractivity contribution is -0.117. The van der Waals surface area contributed by atoms with E-state index in [1.165, 1.54) is 0 Å². The van der Waals surface area contributed by atoms with Crippen molar-refractivity contribution in [2.24, 2.45) is 5.41 Å². The van der Waals surface area contributed by atoms with Crippen LogP contribution in [0.25, 0.3) is 22.3 Å². The summed E-state index contributed by atoms with van der Waals surface area (Å²) in [5, 5.41) is 3.36. The molecule has 2 heterocycles. The number of rotatable bonds is 4. The number of hydrogen-bond donors (Lipinski definition) is 1. The number of nitrogens with one attached hydrogen (secondary N) is 1. The van der Waals surface area contributed by atoms with E-state index < -0.39 is 0 Å². The monoisotopic (exact) mass is 380 g/mol. The van der Waals surface area contributed by atoms with Crippen molar-refractivity contribution < 1.29 is 9.18 Å². The maximum Gasteiger partial charge on any atom is 0.226 e. The number of aromatic nitrogens is 3. The standard InChI is InChI=1S/C22H25FN4O/c1-22(2,3)13-18(28)26-21-19(23)16-9-8-14(20-24-10-5-11-25-20)12-17(16)27(21)15-6-4-7-15/h5,8-12,15H,4,6-7,13H2,1-3H3,(H,26,28). The van der Waals surface area contributed by atoms with Crippen LogP contribution in [0, 0.1) is 11.2 Å². The van der Waals surface area contributed by atoms with Crippen LogP contribution in [0.15, 0.2) is 36.7 Å². The molecule has 0 bridgehead atoms. The third-order valence-corrected chi connectivity index (χ3v) is 5.16. The first-order chi connectivity index (χ1) is 13.3. The number of benzene rings is 1. The molecule has 1 aliphatic rings. The maximum atomic E-state index is 15.3. The lowest BCUT2D eigenvalue weighted by Gasteiger charge is -2.30. The largest absolute Gasteiger partial charge is 0.322 e. The second kappa shape index (κ2) is 7.00. The Kier molecular flexibility index (Phi) is 4.65. The highest BCUT2D eigenvalue weighted by atomic mass is 19.1. The Bertz CT molecular complexity index is 1020. The number of carbonyl (C=O) groups excluding carboxylic acids is 1. The van der Waals surface area contributed by atoms with Gasteiger partial charge >= 0.3 is 0 Å². The number of anilines is 1. The average molecular weight is 380 g/mol. The molecule has 28 heavy (non-hydrogen) atoms.